The number of carbonyl (C=O) groups excluding carboxylic acids is 2. The molecule has 27 heavy (non-hydrogen) atoms. The van der Waals surface area contributed by atoms with Gasteiger partial charge in [0.15, 0.2) is 18.5 Å². The first-order valence-electron chi connectivity index (χ1n) is 9.61. The van der Waals surface area contributed by atoms with Gasteiger partial charge in [-0.1, -0.05) is 12.1 Å². The average molecular weight is 364 g/mol. The predicted molar refractivity (Wildman–Crippen MR) is 105 cm³/mol. The zero-order chi connectivity index (χ0) is 19.1. The smallest absolute Gasteiger partial charge is 0.350 e. The van der Waals surface area contributed by atoms with E-state index in [1.54, 1.807) is 19.0 Å². The van der Waals surface area contributed by atoms with Crippen LogP contribution in [0.3, 0.4) is 0 Å². The average Bonchev–Trinajstić information content (AvgIpc) is 3.40. The van der Waals surface area contributed by atoms with Gasteiger partial charge in [0.1, 0.15) is 0 Å². The summed E-state index contributed by atoms with van der Waals surface area (Å²) in [5.41, 5.74) is 4.36. The number of benzene rings is 1. The number of aromatic amines is 1. The van der Waals surface area contributed by atoms with Crippen molar-refractivity contribution in [3.8, 4) is 0 Å². The fourth-order valence-electron chi connectivity index (χ4n) is 3.80. The van der Waals surface area contributed by atoms with E-state index in [-0.39, 0.29) is 17.7 Å². The van der Waals surface area contributed by atoms with Crippen LogP contribution in [0.5, 0.6) is 0 Å². The van der Waals surface area contributed by atoms with Crippen LogP contribution in [0.4, 0.5) is 0 Å². The predicted octanol–water partition coefficient (Wildman–Crippen LogP) is 3.19. The van der Waals surface area contributed by atoms with E-state index in [1.165, 1.54) is 12.8 Å². The van der Waals surface area contributed by atoms with Crippen molar-refractivity contribution in [1.29, 1.82) is 0 Å². The van der Waals surface area contributed by atoms with Gasteiger partial charge in [0.25, 0.3) is 5.91 Å². The lowest BCUT2D eigenvalue weighted by Crippen LogP contribution is -2.32. The Morgan fingerprint density at radius 2 is 2.04 bits per heavy atom. The van der Waals surface area contributed by atoms with E-state index in [4.69, 9.17) is 0 Å². The monoisotopic (exact) mass is 364 g/mol. The van der Waals surface area contributed by atoms with Crippen molar-refractivity contribution >= 4 is 18.0 Å². The van der Waals surface area contributed by atoms with E-state index >= 15 is 0 Å². The second kappa shape index (κ2) is 6.80. The molecule has 0 saturated heterocycles. The van der Waals surface area contributed by atoms with Gasteiger partial charge in [0.2, 0.25) is 0 Å². The SMILES string of the molecule is Cc1cc2c([nH]1)C(=O)[N+](CCC1CC1)=CC2c1cccc(C(=O)N(C)C)c1. The number of H-pyrrole nitrogens is 1. The van der Waals surface area contributed by atoms with E-state index in [1.807, 2.05) is 48.0 Å². The number of nitrogens with zero attached hydrogens (tertiary/aromatic N) is 2. The number of carbonyl (C=O) groups is 2. The highest BCUT2D eigenvalue weighted by molar-refractivity contribution is 5.97. The molecule has 0 spiro atoms. The maximum atomic E-state index is 12.9. The molecule has 2 amide bonds. The number of aromatic nitrogens is 1. The van der Waals surface area contributed by atoms with E-state index in [2.05, 4.69) is 4.98 Å². The molecule has 1 aliphatic heterocycles. The number of fused-ring (bicyclic) bond motifs is 1. The minimum absolute atomic E-state index is 0.0141. The summed E-state index contributed by atoms with van der Waals surface area (Å²) in [6, 6.07) is 9.80. The number of nitrogens with one attached hydrogen (secondary N) is 1. The fourth-order valence-corrected chi connectivity index (χ4v) is 3.80. The summed E-state index contributed by atoms with van der Waals surface area (Å²) in [5.74, 6) is 0.782. The molecule has 4 rings (SSSR count). The van der Waals surface area contributed by atoms with Crippen LogP contribution in [-0.2, 0) is 0 Å². The second-order valence-corrected chi connectivity index (χ2v) is 7.97. The van der Waals surface area contributed by atoms with Crippen molar-refractivity contribution in [1.82, 2.24) is 9.88 Å². The van der Waals surface area contributed by atoms with Gasteiger partial charge >= 0.3 is 5.91 Å². The first-order chi connectivity index (χ1) is 12.9. The van der Waals surface area contributed by atoms with Crippen LogP contribution in [0.15, 0.2) is 30.3 Å². The molecule has 1 saturated carbocycles. The standard InChI is InChI=1S/C22H25N3O2/c1-14-11-18-19(16-5-4-6-17(12-16)21(26)24(2)3)13-25(10-9-15-7-8-15)22(27)20(18)23-14/h4-6,11-13,15,19H,7-10H2,1-3H3/p+1. The molecule has 1 aliphatic carbocycles. The summed E-state index contributed by atoms with van der Waals surface area (Å²) in [6.07, 6.45) is 5.67. The van der Waals surface area contributed by atoms with Gasteiger partial charge in [-0.05, 0) is 49.4 Å². The quantitative estimate of drug-likeness (QED) is 0.829. The Balaban J connectivity index is 1.73. The highest BCUT2D eigenvalue weighted by Crippen LogP contribution is 2.34. The number of rotatable bonds is 5. The summed E-state index contributed by atoms with van der Waals surface area (Å²) in [5, 5.41) is 0. The molecular formula is C22H26N3O2+. The first kappa shape index (κ1) is 17.7. The molecule has 1 N–H and O–H groups in total. The molecule has 1 unspecified atom stereocenters. The maximum absolute atomic E-state index is 12.9. The Morgan fingerprint density at radius 1 is 1.26 bits per heavy atom. The third kappa shape index (κ3) is 3.46. The molecule has 2 aliphatic rings. The van der Waals surface area contributed by atoms with Crippen LogP contribution < -0.4 is 0 Å². The third-order valence-corrected chi connectivity index (χ3v) is 5.50. The summed E-state index contributed by atoms with van der Waals surface area (Å²) >= 11 is 0. The van der Waals surface area contributed by atoms with Gasteiger partial charge in [-0.15, -0.1) is 0 Å². The molecule has 2 heterocycles. The van der Waals surface area contributed by atoms with Crippen molar-refractivity contribution in [3.63, 3.8) is 0 Å². The van der Waals surface area contributed by atoms with Crippen LogP contribution in [0, 0.1) is 12.8 Å². The Bertz CT molecular complexity index is 935. The molecular weight excluding hydrogens is 338 g/mol. The van der Waals surface area contributed by atoms with Crippen LogP contribution in [0.25, 0.3) is 0 Å². The van der Waals surface area contributed by atoms with Crippen LogP contribution >= 0.6 is 0 Å². The molecule has 1 fully saturated rings. The minimum Gasteiger partial charge on any atom is -0.350 e. The lowest BCUT2D eigenvalue weighted by molar-refractivity contribution is -0.428. The Kier molecular flexibility index (Phi) is 4.46. The van der Waals surface area contributed by atoms with Gasteiger partial charge in [0, 0.05) is 37.3 Å². The Labute approximate surface area is 159 Å². The normalized spacial score (nSPS) is 18.9. The largest absolute Gasteiger partial charge is 0.435 e. The molecule has 140 valence electrons. The molecule has 2 aromatic rings. The zero-order valence-corrected chi connectivity index (χ0v) is 16.2. The summed E-state index contributed by atoms with van der Waals surface area (Å²) in [7, 11) is 3.52. The van der Waals surface area contributed by atoms with Crippen molar-refractivity contribution < 1.29 is 14.2 Å². The van der Waals surface area contributed by atoms with E-state index < -0.39 is 0 Å². The molecule has 0 bridgehead atoms. The van der Waals surface area contributed by atoms with Gasteiger partial charge < -0.3 is 9.88 Å². The zero-order valence-electron chi connectivity index (χ0n) is 16.2. The van der Waals surface area contributed by atoms with Crippen LogP contribution in [-0.4, -0.2) is 53.1 Å². The van der Waals surface area contributed by atoms with Gasteiger partial charge in [-0.2, -0.15) is 4.58 Å². The number of amides is 2. The summed E-state index contributed by atoms with van der Waals surface area (Å²) < 4.78 is 1.86. The van der Waals surface area contributed by atoms with Crippen LogP contribution in [0.2, 0.25) is 0 Å². The topological polar surface area (TPSA) is 56.2 Å². The maximum Gasteiger partial charge on any atom is 0.435 e. The summed E-state index contributed by atoms with van der Waals surface area (Å²) in [4.78, 5) is 30.1. The highest BCUT2D eigenvalue weighted by atomic mass is 16.2. The molecule has 5 nitrogen and oxygen atoms in total. The van der Waals surface area contributed by atoms with E-state index in [0.29, 0.717) is 11.3 Å². The van der Waals surface area contributed by atoms with Crippen molar-refractivity contribution in [3.05, 3.63) is 58.4 Å². The number of hydrogen-bond donors (Lipinski definition) is 1. The lowest BCUT2D eigenvalue weighted by Gasteiger charge is -2.18. The second-order valence-electron chi connectivity index (χ2n) is 7.97. The van der Waals surface area contributed by atoms with Crippen molar-refractivity contribution in [2.75, 3.05) is 20.6 Å². The molecule has 1 aromatic carbocycles. The lowest BCUT2D eigenvalue weighted by atomic mass is 9.88. The summed E-state index contributed by atoms with van der Waals surface area (Å²) in [6.45, 7) is 2.73. The molecule has 1 atom stereocenters. The Hall–Kier alpha value is -2.69. The number of hydrogen-bond acceptors (Lipinski definition) is 2. The van der Waals surface area contributed by atoms with Gasteiger partial charge in [-0.25, -0.2) is 4.79 Å². The minimum atomic E-state index is -0.0308. The van der Waals surface area contributed by atoms with Crippen molar-refractivity contribution in [2.45, 2.75) is 32.1 Å². The fraction of sp³-hybridized carbons (Fsp3) is 0.409. The molecule has 5 heteroatoms. The van der Waals surface area contributed by atoms with E-state index in [9.17, 15) is 9.59 Å². The van der Waals surface area contributed by atoms with Gasteiger partial charge in [0.05, 0.1) is 5.92 Å². The Morgan fingerprint density at radius 3 is 2.74 bits per heavy atom. The van der Waals surface area contributed by atoms with Crippen molar-refractivity contribution in [2.24, 2.45) is 5.92 Å². The first-order valence-corrected chi connectivity index (χ1v) is 9.61. The molecule has 1 aromatic heterocycles. The highest BCUT2D eigenvalue weighted by Gasteiger charge is 2.37. The number of aryl methyl sites for hydroxylation is 1. The van der Waals surface area contributed by atoms with E-state index in [0.717, 1.165) is 35.7 Å². The van der Waals surface area contributed by atoms with Crippen LogP contribution in [0.1, 0.15) is 62.8 Å². The molecule has 0 radical (unpaired) electrons. The third-order valence-electron chi connectivity index (χ3n) is 5.50. The van der Waals surface area contributed by atoms with Gasteiger partial charge in [-0.3, -0.25) is 4.79 Å².